The molecule has 0 aliphatic carbocycles. The van der Waals surface area contributed by atoms with E-state index in [1.807, 2.05) is 19.1 Å². The van der Waals surface area contributed by atoms with Crippen molar-refractivity contribution >= 4 is 16.9 Å². The van der Waals surface area contributed by atoms with E-state index in [0.717, 1.165) is 22.4 Å². The fourth-order valence-electron chi connectivity index (χ4n) is 2.10. The highest BCUT2D eigenvalue weighted by Crippen LogP contribution is 2.25. The average molecular weight is 284 g/mol. The molecule has 1 atom stereocenters. The number of nitrogens with zero attached hydrogens (tertiary/aromatic N) is 3. The third-order valence-electron chi connectivity index (χ3n) is 3.10. The molecule has 1 fully saturated rings. The molecule has 2 heterocycles. The van der Waals surface area contributed by atoms with Gasteiger partial charge in [0.2, 0.25) is 0 Å². The molecule has 0 saturated carbocycles. The maximum Gasteiger partial charge on any atom is 0.157 e. The highest BCUT2D eigenvalue weighted by atomic mass is 32.2. The summed E-state index contributed by atoms with van der Waals surface area (Å²) >= 11 is 1.76. The number of hydrogen-bond donors (Lipinski definition) is 1. The molecule has 0 radical (unpaired) electrons. The first kappa shape index (κ1) is 13.1. The van der Waals surface area contributed by atoms with Gasteiger partial charge in [0.05, 0.1) is 18.3 Å². The maximum atomic E-state index is 4.59. The van der Waals surface area contributed by atoms with Crippen LogP contribution in [0.25, 0.3) is 0 Å². The zero-order valence-corrected chi connectivity index (χ0v) is 12.1. The molecule has 1 unspecified atom stereocenters. The molecule has 20 heavy (non-hydrogen) atoms. The summed E-state index contributed by atoms with van der Waals surface area (Å²) in [6.45, 7) is 2.49. The quantitative estimate of drug-likeness (QED) is 0.941. The summed E-state index contributed by atoms with van der Waals surface area (Å²) in [4.78, 5) is 13.0. The van der Waals surface area contributed by atoms with Crippen molar-refractivity contribution in [3.05, 3.63) is 59.7 Å². The van der Waals surface area contributed by atoms with Crippen LogP contribution in [0.5, 0.6) is 0 Å². The molecular weight excluding hydrogens is 268 g/mol. The van der Waals surface area contributed by atoms with Crippen LogP contribution in [0.15, 0.2) is 47.6 Å². The summed E-state index contributed by atoms with van der Waals surface area (Å²) in [5.74, 6) is 1.81. The van der Waals surface area contributed by atoms with Gasteiger partial charge in [-0.05, 0) is 18.6 Å². The molecule has 3 rings (SSSR count). The molecule has 1 saturated heterocycles. The minimum absolute atomic E-state index is 0.354. The van der Waals surface area contributed by atoms with Gasteiger partial charge in [-0.3, -0.25) is 4.99 Å². The van der Waals surface area contributed by atoms with Crippen LogP contribution in [0.3, 0.4) is 0 Å². The van der Waals surface area contributed by atoms with Crippen LogP contribution >= 0.6 is 11.8 Å². The SMILES string of the molecule is Cc1nccc(CN=C2NC(c3ccccc3)CS2)n1. The molecule has 1 N–H and O–H groups in total. The van der Waals surface area contributed by atoms with Crippen molar-refractivity contribution in [1.29, 1.82) is 0 Å². The van der Waals surface area contributed by atoms with Gasteiger partial charge < -0.3 is 5.32 Å². The maximum absolute atomic E-state index is 4.59. The van der Waals surface area contributed by atoms with Crippen molar-refractivity contribution in [3.63, 3.8) is 0 Å². The number of aromatic nitrogens is 2. The van der Waals surface area contributed by atoms with Gasteiger partial charge in [0.1, 0.15) is 5.82 Å². The van der Waals surface area contributed by atoms with E-state index in [1.54, 1.807) is 18.0 Å². The Morgan fingerprint density at radius 1 is 1.30 bits per heavy atom. The van der Waals surface area contributed by atoms with E-state index >= 15 is 0 Å². The lowest BCUT2D eigenvalue weighted by molar-refractivity contribution is 0.747. The minimum Gasteiger partial charge on any atom is -0.357 e. The van der Waals surface area contributed by atoms with Crippen molar-refractivity contribution in [2.75, 3.05) is 5.75 Å². The van der Waals surface area contributed by atoms with E-state index in [4.69, 9.17) is 0 Å². The average Bonchev–Trinajstić information content (AvgIpc) is 2.95. The molecule has 0 spiro atoms. The van der Waals surface area contributed by atoms with Gasteiger partial charge in [-0.2, -0.15) is 0 Å². The predicted octanol–water partition coefficient (Wildman–Crippen LogP) is 2.72. The van der Waals surface area contributed by atoms with Crippen LogP contribution in [0.4, 0.5) is 0 Å². The van der Waals surface area contributed by atoms with Crippen molar-refractivity contribution in [2.24, 2.45) is 4.99 Å². The van der Waals surface area contributed by atoms with Gasteiger partial charge in [-0.25, -0.2) is 9.97 Å². The zero-order chi connectivity index (χ0) is 13.8. The van der Waals surface area contributed by atoms with Crippen LogP contribution in [-0.2, 0) is 6.54 Å². The monoisotopic (exact) mass is 284 g/mol. The smallest absolute Gasteiger partial charge is 0.157 e. The Morgan fingerprint density at radius 2 is 2.15 bits per heavy atom. The molecule has 2 aromatic rings. The largest absolute Gasteiger partial charge is 0.357 e. The number of hydrogen-bond acceptors (Lipinski definition) is 4. The van der Waals surface area contributed by atoms with E-state index in [9.17, 15) is 0 Å². The number of thioether (sulfide) groups is 1. The number of aryl methyl sites for hydroxylation is 1. The lowest BCUT2D eigenvalue weighted by Gasteiger charge is -2.09. The standard InChI is InChI=1S/C15H16N4S/c1-11-16-8-7-13(18-11)9-17-15-19-14(10-20-15)12-5-3-2-4-6-12/h2-8,14H,9-10H2,1H3,(H,17,19). The Labute approximate surface area is 122 Å². The second kappa shape index (κ2) is 6.05. The van der Waals surface area contributed by atoms with Crippen molar-refractivity contribution in [2.45, 2.75) is 19.5 Å². The predicted molar refractivity (Wildman–Crippen MR) is 82.7 cm³/mol. The topological polar surface area (TPSA) is 50.2 Å². The number of aliphatic imine (C=N–C) groups is 1. The molecule has 5 heteroatoms. The highest BCUT2D eigenvalue weighted by molar-refractivity contribution is 8.14. The third-order valence-corrected chi connectivity index (χ3v) is 4.13. The Bertz CT molecular complexity index is 612. The van der Waals surface area contributed by atoms with E-state index in [1.165, 1.54) is 5.56 Å². The Morgan fingerprint density at radius 3 is 2.95 bits per heavy atom. The molecule has 4 nitrogen and oxygen atoms in total. The summed E-state index contributed by atoms with van der Waals surface area (Å²) in [7, 11) is 0. The molecule has 1 aliphatic heterocycles. The number of rotatable bonds is 3. The van der Waals surface area contributed by atoms with Crippen LogP contribution in [0, 0.1) is 6.92 Å². The van der Waals surface area contributed by atoms with E-state index in [2.05, 4.69) is 44.5 Å². The first-order valence-electron chi connectivity index (χ1n) is 6.58. The first-order valence-corrected chi connectivity index (χ1v) is 7.57. The molecule has 102 valence electrons. The highest BCUT2D eigenvalue weighted by Gasteiger charge is 2.21. The first-order chi connectivity index (χ1) is 9.81. The Hall–Kier alpha value is -1.88. The summed E-state index contributed by atoms with van der Waals surface area (Å²) in [6, 6.07) is 12.7. The summed E-state index contributed by atoms with van der Waals surface area (Å²) in [6.07, 6.45) is 1.78. The third kappa shape index (κ3) is 3.17. The molecule has 1 aromatic heterocycles. The lowest BCUT2D eigenvalue weighted by Crippen LogP contribution is -2.19. The second-order valence-corrected chi connectivity index (χ2v) is 5.64. The van der Waals surface area contributed by atoms with Gasteiger partial charge in [-0.1, -0.05) is 42.1 Å². The molecule has 0 bridgehead atoms. The number of benzene rings is 1. The van der Waals surface area contributed by atoms with Gasteiger partial charge in [0, 0.05) is 11.9 Å². The second-order valence-electron chi connectivity index (χ2n) is 4.64. The van der Waals surface area contributed by atoms with Gasteiger partial charge >= 0.3 is 0 Å². The van der Waals surface area contributed by atoms with Gasteiger partial charge in [0.25, 0.3) is 0 Å². The number of nitrogens with one attached hydrogen (secondary N) is 1. The van der Waals surface area contributed by atoms with Crippen molar-refractivity contribution in [1.82, 2.24) is 15.3 Å². The fourth-order valence-corrected chi connectivity index (χ4v) is 3.08. The Balaban J connectivity index is 1.64. The summed E-state index contributed by atoms with van der Waals surface area (Å²) < 4.78 is 0. The van der Waals surface area contributed by atoms with Gasteiger partial charge in [-0.15, -0.1) is 0 Å². The van der Waals surface area contributed by atoms with Crippen molar-refractivity contribution < 1.29 is 0 Å². The Kier molecular flexibility index (Phi) is 3.97. The summed E-state index contributed by atoms with van der Waals surface area (Å²) in [5.41, 5.74) is 2.26. The molecule has 1 aliphatic rings. The summed E-state index contributed by atoms with van der Waals surface area (Å²) in [5, 5.41) is 4.46. The molecular formula is C15H16N4S. The molecule has 0 amide bonds. The normalized spacial score (nSPS) is 20.1. The van der Waals surface area contributed by atoms with Gasteiger partial charge in [0.15, 0.2) is 5.17 Å². The lowest BCUT2D eigenvalue weighted by atomic mass is 10.1. The van der Waals surface area contributed by atoms with Crippen LogP contribution in [0.1, 0.15) is 23.1 Å². The fraction of sp³-hybridized carbons (Fsp3) is 0.267. The zero-order valence-electron chi connectivity index (χ0n) is 11.3. The van der Waals surface area contributed by atoms with Crippen LogP contribution in [-0.4, -0.2) is 20.9 Å². The van der Waals surface area contributed by atoms with E-state index in [-0.39, 0.29) is 0 Å². The number of amidine groups is 1. The van der Waals surface area contributed by atoms with Crippen molar-refractivity contribution in [3.8, 4) is 0 Å². The van der Waals surface area contributed by atoms with Crippen LogP contribution in [0.2, 0.25) is 0 Å². The minimum atomic E-state index is 0.354. The van der Waals surface area contributed by atoms with E-state index < -0.39 is 0 Å². The van der Waals surface area contributed by atoms with Crippen LogP contribution < -0.4 is 5.32 Å². The molecule has 1 aromatic carbocycles. The van der Waals surface area contributed by atoms with E-state index in [0.29, 0.717) is 12.6 Å².